The molecule has 21 heavy (non-hydrogen) atoms. The van der Waals surface area contributed by atoms with Crippen LogP contribution in [0.4, 0.5) is 11.9 Å². The van der Waals surface area contributed by atoms with Gasteiger partial charge in [0.2, 0.25) is 11.9 Å². The van der Waals surface area contributed by atoms with Gasteiger partial charge in [0, 0.05) is 19.3 Å². The van der Waals surface area contributed by atoms with Crippen LogP contribution >= 0.6 is 0 Å². The zero-order chi connectivity index (χ0) is 15.9. The minimum atomic E-state index is -3.03. The van der Waals surface area contributed by atoms with E-state index in [0.29, 0.717) is 11.9 Å². The van der Waals surface area contributed by atoms with Gasteiger partial charge in [-0.3, -0.25) is 0 Å². The highest BCUT2D eigenvalue weighted by Crippen LogP contribution is 2.12. The van der Waals surface area contributed by atoms with Gasteiger partial charge in [-0.25, -0.2) is 8.42 Å². The molecular weight excluding hydrogens is 294 g/mol. The third-order valence-corrected chi connectivity index (χ3v) is 3.19. The molecule has 0 atom stereocenters. The van der Waals surface area contributed by atoms with Gasteiger partial charge in [-0.05, 0) is 20.3 Å². The van der Waals surface area contributed by atoms with E-state index in [-0.39, 0.29) is 24.4 Å². The first-order chi connectivity index (χ1) is 9.80. The van der Waals surface area contributed by atoms with Crippen molar-refractivity contribution in [2.75, 3.05) is 35.7 Å². The first kappa shape index (κ1) is 17.4. The first-order valence-corrected chi connectivity index (χ1v) is 8.94. The lowest BCUT2D eigenvalue weighted by Gasteiger charge is -2.11. The molecule has 0 fully saturated rings. The highest BCUT2D eigenvalue weighted by Gasteiger charge is 2.09. The van der Waals surface area contributed by atoms with Crippen molar-refractivity contribution in [1.29, 1.82) is 0 Å². The Balaban J connectivity index is 2.79. The Morgan fingerprint density at radius 3 is 2.14 bits per heavy atom. The molecule has 8 nitrogen and oxygen atoms in total. The molecule has 0 saturated carbocycles. The smallest absolute Gasteiger partial charge is 0.323 e. The van der Waals surface area contributed by atoms with Crippen LogP contribution in [0.1, 0.15) is 27.2 Å². The van der Waals surface area contributed by atoms with Gasteiger partial charge >= 0.3 is 6.01 Å². The van der Waals surface area contributed by atoms with Crippen LogP contribution in [-0.4, -0.2) is 54.6 Å². The minimum Gasteiger partial charge on any atom is -0.461 e. The molecule has 1 aromatic rings. The predicted octanol–water partition coefficient (Wildman–Crippen LogP) is 0.937. The van der Waals surface area contributed by atoms with Gasteiger partial charge in [0.05, 0.1) is 11.9 Å². The normalized spacial score (nSPS) is 11.5. The lowest BCUT2D eigenvalue weighted by atomic mass is 10.5. The van der Waals surface area contributed by atoms with E-state index in [0.717, 1.165) is 13.0 Å². The second-order valence-corrected chi connectivity index (χ2v) is 7.17. The molecule has 0 bridgehead atoms. The van der Waals surface area contributed by atoms with E-state index < -0.39 is 9.84 Å². The Kier molecular flexibility index (Phi) is 6.60. The zero-order valence-electron chi connectivity index (χ0n) is 12.9. The summed E-state index contributed by atoms with van der Waals surface area (Å²) in [6.07, 6.45) is 2.06. The molecule has 1 aromatic heterocycles. The number of anilines is 2. The number of hydrogen-bond donors (Lipinski definition) is 2. The summed E-state index contributed by atoms with van der Waals surface area (Å²) in [4.78, 5) is 12.4. The molecule has 2 N–H and O–H groups in total. The second-order valence-electron chi connectivity index (χ2n) is 4.92. The molecule has 0 aliphatic heterocycles. The molecule has 0 spiro atoms. The van der Waals surface area contributed by atoms with Gasteiger partial charge in [-0.2, -0.15) is 15.0 Å². The van der Waals surface area contributed by atoms with Gasteiger partial charge in [-0.1, -0.05) is 6.92 Å². The topological polar surface area (TPSA) is 106 Å². The Bertz CT molecular complexity index is 548. The number of nitrogens with one attached hydrogen (secondary N) is 2. The number of nitrogens with zero attached hydrogens (tertiary/aromatic N) is 3. The summed E-state index contributed by atoms with van der Waals surface area (Å²) in [5.74, 6) is 0.712. The molecule has 0 saturated heterocycles. The Labute approximate surface area is 125 Å². The maximum Gasteiger partial charge on any atom is 0.323 e. The van der Waals surface area contributed by atoms with Gasteiger partial charge in [0.15, 0.2) is 0 Å². The fraction of sp³-hybridized carbons (Fsp3) is 0.750. The summed E-state index contributed by atoms with van der Waals surface area (Å²) >= 11 is 0. The van der Waals surface area contributed by atoms with Gasteiger partial charge in [0.25, 0.3) is 0 Å². The molecule has 120 valence electrons. The summed E-state index contributed by atoms with van der Waals surface area (Å²) in [5.41, 5.74) is 0. The Morgan fingerprint density at radius 2 is 1.67 bits per heavy atom. The van der Waals surface area contributed by atoms with Crippen LogP contribution in [0.2, 0.25) is 0 Å². The molecule has 0 aliphatic carbocycles. The fourth-order valence-corrected chi connectivity index (χ4v) is 1.84. The quantitative estimate of drug-likeness (QED) is 0.693. The van der Waals surface area contributed by atoms with Crippen molar-refractivity contribution in [3.05, 3.63) is 0 Å². The molecule has 9 heteroatoms. The number of hydrogen-bond acceptors (Lipinski definition) is 8. The van der Waals surface area contributed by atoms with E-state index >= 15 is 0 Å². The summed E-state index contributed by atoms with van der Waals surface area (Å²) in [6, 6.07) is 0.209. The SMILES string of the molecule is CCCNc1nc(NCCS(C)(=O)=O)nc(OC(C)C)n1. The molecular formula is C12H23N5O3S. The molecule has 0 aliphatic rings. The maximum atomic E-state index is 11.1. The number of ether oxygens (including phenoxy) is 1. The van der Waals surface area contributed by atoms with E-state index in [1.54, 1.807) is 0 Å². The number of rotatable bonds is 9. The largest absolute Gasteiger partial charge is 0.461 e. The van der Waals surface area contributed by atoms with E-state index in [2.05, 4.69) is 25.6 Å². The average molecular weight is 317 g/mol. The first-order valence-electron chi connectivity index (χ1n) is 6.88. The maximum absolute atomic E-state index is 11.1. The third kappa shape index (κ3) is 7.64. The van der Waals surface area contributed by atoms with E-state index in [1.807, 2.05) is 20.8 Å². The zero-order valence-corrected chi connectivity index (χ0v) is 13.7. The molecule has 0 aromatic carbocycles. The minimum absolute atomic E-state index is 0.0107. The highest BCUT2D eigenvalue weighted by atomic mass is 32.2. The van der Waals surface area contributed by atoms with Crippen LogP contribution in [0.15, 0.2) is 0 Å². The van der Waals surface area contributed by atoms with Crippen molar-refractivity contribution in [2.45, 2.75) is 33.3 Å². The molecule has 0 radical (unpaired) electrons. The Morgan fingerprint density at radius 1 is 1.10 bits per heavy atom. The lowest BCUT2D eigenvalue weighted by molar-refractivity contribution is 0.222. The van der Waals surface area contributed by atoms with Gasteiger partial charge < -0.3 is 15.4 Å². The predicted molar refractivity (Wildman–Crippen MR) is 82.6 cm³/mol. The average Bonchev–Trinajstić information content (AvgIpc) is 2.33. The van der Waals surface area contributed by atoms with Crippen molar-refractivity contribution >= 4 is 21.7 Å². The van der Waals surface area contributed by atoms with Crippen molar-refractivity contribution in [2.24, 2.45) is 0 Å². The number of aromatic nitrogens is 3. The van der Waals surface area contributed by atoms with Gasteiger partial charge in [0.1, 0.15) is 9.84 Å². The van der Waals surface area contributed by atoms with Crippen LogP contribution in [-0.2, 0) is 9.84 Å². The monoisotopic (exact) mass is 317 g/mol. The standard InChI is InChI=1S/C12H23N5O3S/c1-5-6-13-10-15-11(14-7-8-21(4,18)19)17-12(16-10)20-9(2)3/h9H,5-8H2,1-4H3,(H2,13,14,15,16,17). The van der Waals surface area contributed by atoms with Crippen LogP contribution in [0, 0.1) is 0 Å². The summed E-state index contributed by atoms with van der Waals surface area (Å²) in [7, 11) is -3.03. The van der Waals surface area contributed by atoms with Crippen LogP contribution in [0.3, 0.4) is 0 Å². The second kappa shape index (κ2) is 7.96. The molecule has 1 heterocycles. The van der Waals surface area contributed by atoms with Gasteiger partial charge in [-0.15, -0.1) is 0 Å². The van der Waals surface area contributed by atoms with Crippen LogP contribution in [0.25, 0.3) is 0 Å². The third-order valence-electron chi connectivity index (χ3n) is 2.25. The summed E-state index contributed by atoms with van der Waals surface area (Å²) < 4.78 is 27.7. The lowest BCUT2D eigenvalue weighted by Crippen LogP contribution is -2.18. The number of sulfone groups is 1. The fourth-order valence-electron chi connectivity index (χ4n) is 1.36. The van der Waals surface area contributed by atoms with Crippen molar-refractivity contribution < 1.29 is 13.2 Å². The summed E-state index contributed by atoms with van der Waals surface area (Å²) in [6.45, 7) is 6.75. The molecule has 0 unspecified atom stereocenters. The van der Waals surface area contributed by atoms with Crippen molar-refractivity contribution in [3.63, 3.8) is 0 Å². The molecule has 1 rings (SSSR count). The highest BCUT2D eigenvalue weighted by molar-refractivity contribution is 7.90. The van der Waals surface area contributed by atoms with E-state index in [4.69, 9.17) is 4.74 Å². The van der Waals surface area contributed by atoms with E-state index in [1.165, 1.54) is 6.26 Å². The van der Waals surface area contributed by atoms with Crippen molar-refractivity contribution in [3.8, 4) is 6.01 Å². The van der Waals surface area contributed by atoms with Crippen molar-refractivity contribution in [1.82, 2.24) is 15.0 Å². The van der Waals surface area contributed by atoms with Crippen LogP contribution < -0.4 is 15.4 Å². The van der Waals surface area contributed by atoms with E-state index in [9.17, 15) is 8.42 Å². The van der Waals surface area contributed by atoms with Crippen LogP contribution in [0.5, 0.6) is 6.01 Å². The molecule has 0 amide bonds. The summed E-state index contributed by atoms with van der Waals surface area (Å²) in [5, 5.41) is 5.92. The Hall–Kier alpha value is -1.64.